The summed E-state index contributed by atoms with van der Waals surface area (Å²) < 4.78 is 17.9. The highest BCUT2D eigenvalue weighted by molar-refractivity contribution is 7.59. The topological polar surface area (TPSA) is 133 Å². The summed E-state index contributed by atoms with van der Waals surface area (Å²) in [5, 5.41) is 13.5. The molecular formula is C24H23N2O6PS. The molecule has 0 atom stereocenters. The highest BCUT2D eigenvalue weighted by Gasteiger charge is 2.26. The van der Waals surface area contributed by atoms with Gasteiger partial charge < -0.3 is 24.6 Å². The lowest BCUT2D eigenvalue weighted by atomic mass is 9.86. The van der Waals surface area contributed by atoms with Gasteiger partial charge in [-0.15, -0.1) is 0 Å². The van der Waals surface area contributed by atoms with E-state index in [0.29, 0.717) is 24.2 Å². The molecule has 34 heavy (non-hydrogen) atoms. The zero-order chi connectivity index (χ0) is 23.9. The molecule has 5 rings (SSSR count). The molecule has 1 saturated carbocycles. The van der Waals surface area contributed by atoms with Gasteiger partial charge in [0.15, 0.2) is 5.13 Å². The van der Waals surface area contributed by atoms with Crippen LogP contribution in [0.1, 0.15) is 25.7 Å². The Bertz CT molecular complexity index is 1400. The molecule has 0 bridgehead atoms. The van der Waals surface area contributed by atoms with Crippen molar-refractivity contribution in [3.05, 3.63) is 54.6 Å². The highest BCUT2D eigenvalue weighted by atomic mass is 32.1. The molecule has 10 heteroatoms. The van der Waals surface area contributed by atoms with E-state index in [2.05, 4.69) is 5.32 Å². The minimum atomic E-state index is -4.45. The molecule has 4 aromatic rings. The van der Waals surface area contributed by atoms with Gasteiger partial charge in [-0.05, 0) is 55.5 Å². The van der Waals surface area contributed by atoms with Crippen molar-refractivity contribution in [3.8, 4) is 22.5 Å². The van der Waals surface area contributed by atoms with Crippen molar-refractivity contribution in [1.82, 2.24) is 4.98 Å². The van der Waals surface area contributed by atoms with Gasteiger partial charge in [-0.1, -0.05) is 41.7 Å². The minimum Gasteiger partial charge on any atom is -0.481 e. The van der Waals surface area contributed by atoms with E-state index in [1.165, 1.54) is 6.07 Å². The number of aromatic nitrogens is 1. The van der Waals surface area contributed by atoms with Crippen LogP contribution in [0.2, 0.25) is 0 Å². The Kier molecular flexibility index (Phi) is 6.04. The standard InChI is InChI=1S/C24H23N2O6PS/c27-23(28)14-7-9-17(10-8-14)25-24-26-19-6-2-5-18(22(19)34-24)15-3-1-4-16(13-15)20-11-12-21(32-20)33(29,30)31/h1-6,11-14,17H,7-10H2,(H,25,26)(H,27,28)(H2,29,30,31)/t14-,17-. The first-order valence-electron chi connectivity index (χ1n) is 10.9. The quantitative estimate of drug-likeness (QED) is 0.271. The molecule has 4 N–H and O–H groups in total. The normalized spacial score (nSPS) is 18.8. The number of rotatable bonds is 6. The third-order valence-corrected chi connectivity index (χ3v) is 8.01. The largest absolute Gasteiger partial charge is 0.481 e. The van der Waals surface area contributed by atoms with E-state index in [1.54, 1.807) is 17.4 Å². The molecule has 8 nitrogen and oxygen atoms in total. The Labute approximate surface area is 199 Å². The number of fused-ring (bicyclic) bond motifs is 1. The molecule has 2 heterocycles. The van der Waals surface area contributed by atoms with Gasteiger partial charge in [0.2, 0.25) is 5.50 Å². The molecule has 1 aliphatic carbocycles. The number of carboxylic acids is 1. The van der Waals surface area contributed by atoms with E-state index in [9.17, 15) is 24.3 Å². The fourth-order valence-corrected chi connectivity index (χ4v) is 5.94. The highest BCUT2D eigenvalue weighted by Crippen LogP contribution is 2.39. The number of benzene rings is 2. The van der Waals surface area contributed by atoms with E-state index < -0.39 is 13.6 Å². The van der Waals surface area contributed by atoms with Crippen LogP contribution in [0.3, 0.4) is 0 Å². The monoisotopic (exact) mass is 498 g/mol. The lowest BCUT2D eigenvalue weighted by Crippen LogP contribution is -2.29. The Morgan fingerprint density at radius 3 is 2.47 bits per heavy atom. The third kappa shape index (κ3) is 4.65. The van der Waals surface area contributed by atoms with Gasteiger partial charge >= 0.3 is 13.6 Å². The zero-order valence-electron chi connectivity index (χ0n) is 18.0. The smallest absolute Gasteiger partial charge is 0.391 e. The maximum Gasteiger partial charge on any atom is 0.391 e. The van der Waals surface area contributed by atoms with Crippen LogP contribution < -0.4 is 10.8 Å². The van der Waals surface area contributed by atoms with Crippen molar-refractivity contribution < 1.29 is 28.7 Å². The Morgan fingerprint density at radius 1 is 1.03 bits per heavy atom. The van der Waals surface area contributed by atoms with Crippen molar-refractivity contribution in [2.24, 2.45) is 5.92 Å². The summed E-state index contributed by atoms with van der Waals surface area (Å²) in [4.78, 5) is 34.6. The second kappa shape index (κ2) is 9.00. The number of anilines is 1. The summed E-state index contributed by atoms with van der Waals surface area (Å²) in [7, 11) is -4.45. The number of furan rings is 1. The zero-order valence-corrected chi connectivity index (χ0v) is 19.8. The number of carbonyl (C=O) groups is 1. The van der Waals surface area contributed by atoms with Crippen LogP contribution in [0.5, 0.6) is 0 Å². The van der Waals surface area contributed by atoms with E-state index in [0.717, 1.165) is 39.3 Å². The average Bonchev–Trinajstić information content (AvgIpc) is 3.46. The summed E-state index contributed by atoms with van der Waals surface area (Å²) in [5.74, 6) is -0.576. The summed E-state index contributed by atoms with van der Waals surface area (Å²) in [6.07, 6.45) is 2.96. The van der Waals surface area contributed by atoms with Gasteiger partial charge in [-0.25, -0.2) is 4.98 Å². The summed E-state index contributed by atoms with van der Waals surface area (Å²) in [6, 6.07) is 16.6. The van der Waals surface area contributed by atoms with E-state index in [4.69, 9.17) is 9.40 Å². The summed E-state index contributed by atoms with van der Waals surface area (Å²) in [6.45, 7) is 0. The van der Waals surface area contributed by atoms with Gasteiger partial charge in [0.1, 0.15) is 5.76 Å². The molecule has 0 spiro atoms. The van der Waals surface area contributed by atoms with Crippen LogP contribution in [0.25, 0.3) is 32.7 Å². The lowest BCUT2D eigenvalue weighted by molar-refractivity contribution is -0.142. The SMILES string of the molecule is O=C(O)[C@H]1CC[C@H](Nc2nc3cccc(-c4cccc(-c5ccc(P(=O)(O)O)o5)c4)c3s2)CC1. The predicted molar refractivity (Wildman–Crippen MR) is 131 cm³/mol. The molecular weight excluding hydrogens is 475 g/mol. The Balaban J connectivity index is 1.41. The first kappa shape index (κ1) is 22.8. The van der Waals surface area contributed by atoms with Gasteiger partial charge in [-0.2, -0.15) is 0 Å². The van der Waals surface area contributed by atoms with Gasteiger partial charge in [-0.3, -0.25) is 9.36 Å². The molecule has 0 radical (unpaired) electrons. The molecule has 0 unspecified atom stereocenters. The van der Waals surface area contributed by atoms with Crippen LogP contribution in [0.4, 0.5) is 5.13 Å². The minimum absolute atomic E-state index is 0.213. The second-order valence-corrected chi connectivity index (χ2v) is 11.0. The molecule has 0 aliphatic heterocycles. The van der Waals surface area contributed by atoms with Gasteiger partial charge in [0.05, 0.1) is 16.1 Å². The molecule has 0 saturated heterocycles. The molecule has 1 fully saturated rings. The number of carboxylic acid groups (broad SMARTS) is 1. The third-order valence-electron chi connectivity index (χ3n) is 6.16. The number of nitrogens with one attached hydrogen (secondary N) is 1. The summed E-state index contributed by atoms with van der Waals surface area (Å²) >= 11 is 1.56. The van der Waals surface area contributed by atoms with Crippen LogP contribution in [0.15, 0.2) is 59.0 Å². The fraction of sp³-hybridized carbons (Fsp3) is 0.250. The molecule has 1 aliphatic rings. The number of nitrogens with zero attached hydrogens (tertiary/aromatic N) is 1. The number of hydrogen-bond acceptors (Lipinski definition) is 6. The van der Waals surface area contributed by atoms with Crippen LogP contribution in [-0.4, -0.2) is 31.9 Å². The van der Waals surface area contributed by atoms with E-state index >= 15 is 0 Å². The molecule has 2 aromatic heterocycles. The Hall–Kier alpha value is -2.97. The van der Waals surface area contributed by atoms with Crippen LogP contribution in [0, 0.1) is 5.92 Å². The Morgan fingerprint density at radius 2 is 1.76 bits per heavy atom. The van der Waals surface area contributed by atoms with Crippen LogP contribution in [-0.2, 0) is 9.36 Å². The molecule has 176 valence electrons. The van der Waals surface area contributed by atoms with Crippen molar-refractivity contribution in [1.29, 1.82) is 0 Å². The number of hydrogen-bond donors (Lipinski definition) is 4. The molecule has 0 amide bonds. The molecule has 2 aromatic carbocycles. The number of thiazole rings is 1. The van der Waals surface area contributed by atoms with E-state index in [-0.39, 0.29) is 17.5 Å². The first-order chi connectivity index (χ1) is 16.3. The van der Waals surface area contributed by atoms with Crippen molar-refractivity contribution in [2.75, 3.05) is 5.32 Å². The number of aliphatic carboxylic acids is 1. The van der Waals surface area contributed by atoms with E-state index in [1.807, 2.05) is 42.5 Å². The average molecular weight is 498 g/mol. The van der Waals surface area contributed by atoms with Crippen LogP contribution >= 0.6 is 18.9 Å². The van der Waals surface area contributed by atoms with Gasteiger partial charge in [0.25, 0.3) is 0 Å². The van der Waals surface area contributed by atoms with Crippen molar-refractivity contribution in [3.63, 3.8) is 0 Å². The predicted octanol–water partition coefficient (Wildman–Crippen LogP) is 5.08. The second-order valence-electron chi connectivity index (χ2n) is 8.47. The fourth-order valence-electron chi connectivity index (χ4n) is 4.38. The van der Waals surface area contributed by atoms with Crippen molar-refractivity contribution >= 4 is 45.8 Å². The summed E-state index contributed by atoms with van der Waals surface area (Å²) in [5.41, 5.74) is 3.17. The first-order valence-corrected chi connectivity index (χ1v) is 13.4. The maximum absolute atomic E-state index is 11.5. The van der Waals surface area contributed by atoms with Gasteiger partial charge in [0, 0.05) is 17.2 Å². The maximum atomic E-state index is 11.5. The van der Waals surface area contributed by atoms with Crippen molar-refractivity contribution in [2.45, 2.75) is 31.7 Å². The lowest BCUT2D eigenvalue weighted by Gasteiger charge is -2.26.